The standard InChI is InChI=1S/C10H18N2O/c11-6-2-1-3-7-12-8-4-5-10(13)9-12/h10,13H,1-5,7-9H2/t10-/m0/s1. The zero-order chi connectivity index (χ0) is 9.52. The summed E-state index contributed by atoms with van der Waals surface area (Å²) < 4.78 is 0. The van der Waals surface area contributed by atoms with Crippen LogP contribution in [-0.4, -0.2) is 35.7 Å². The van der Waals surface area contributed by atoms with Crippen molar-refractivity contribution < 1.29 is 5.11 Å². The van der Waals surface area contributed by atoms with E-state index in [4.69, 9.17) is 5.26 Å². The Labute approximate surface area is 80.0 Å². The van der Waals surface area contributed by atoms with Crippen LogP contribution in [0.4, 0.5) is 0 Å². The second-order valence-electron chi connectivity index (χ2n) is 3.71. The molecule has 0 aromatic carbocycles. The summed E-state index contributed by atoms with van der Waals surface area (Å²) in [5, 5.41) is 17.7. The van der Waals surface area contributed by atoms with Gasteiger partial charge >= 0.3 is 0 Å². The molecule has 1 N–H and O–H groups in total. The first-order valence-corrected chi connectivity index (χ1v) is 5.10. The van der Waals surface area contributed by atoms with E-state index in [-0.39, 0.29) is 6.10 Å². The monoisotopic (exact) mass is 182 g/mol. The van der Waals surface area contributed by atoms with Gasteiger partial charge in [0.2, 0.25) is 0 Å². The van der Waals surface area contributed by atoms with Crippen molar-refractivity contribution in [1.29, 1.82) is 5.26 Å². The first-order chi connectivity index (χ1) is 6.33. The molecule has 1 fully saturated rings. The Morgan fingerprint density at radius 3 is 3.00 bits per heavy atom. The van der Waals surface area contributed by atoms with E-state index in [1.54, 1.807) is 0 Å². The third-order valence-corrected chi connectivity index (χ3v) is 2.49. The van der Waals surface area contributed by atoms with Crippen LogP contribution in [0.15, 0.2) is 0 Å². The number of likely N-dealkylation sites (tertiary alicyclic amines) is 1. The van der Waals surface area contributed by atoms with Crippen molar-refractivity contribution in [3.05, 3.63) is 0 Å². The molecule has 1 aliphatic rings. The van der Waals surface area contributed by atoms with Crippen LogP contribution >= 0.6 is 0 Å². The highest BCUT2D eigenvalue weighted by atomic mass is 16.3. The van der Waals surface area contributed by atoms with Gasteiger partial charge in [-0.1, -0.05) is 0 Å². The van der Waals surface area contributed by atoms with Gasteiger partial charge in [-0.25, -0.2) is 0 Å². The molecule has 0 aliphatic carbocycles. The lowest BCUT2D eigenvalue weighted by atomic mass is 10.1. The summed E-state index contributed by atoms with van der Waals surface area (Å²) in [5.74, 6) is 0. The van der Waals surface area contributed by atoms with Crippen molar-refractivity contribution in [2.24, 2.45) is 0 Å². The fourth-order valence-corrected chi connectivity index (χ4v) is 1.77. The van der Waals surface area contributed by atoms with Crippen molar-refractivity contribution >= 4 is 0 Å². The predicted octanol–water partition coefficient (Wildman–Crippen LogP) is 1.14. The summed E-state index contributed by atoms with van der Waals surface area (Å²) in [6, 6.07) is 2.15. The number of unbranched alkanes of at least 4 members (excludes halogenated alkanes) is 2. The van der Waals surface area contributed by atoms with Gasteiger partial charge in [-0.3, -0.25) is 0 Å². The summed E-state index contributed by atoms with van der Waals surface area (Å²) in [6.07, 6.45) is 4.68. The maximum absolute atomic E-state index is 9.39. The van der Waals surface area contributed by atoms with Gasteiger partial charge in [-0.2, -0.15) is 5.26 Å². The Hall–Kier alpha value is -0.590. The molecular weight excluding hydrogens is 164 g/mol. The SMILES string of the molecule is N#CCCCCN1CCC[C@H](O)C1. The van der Waals surface area contributed by atoms with E-state index in [0.29, 0.717) is 6.42 Å². The van der Waals surface area contributed by atoms with Gasteiger partial charge in [0.1, 0.15) is 0 Å². The lowest BCUT2D eigenvalue weighted by molar-refractivity contribution is 0.0699. The van der Waals surface area contributed by atoms with Crippen molar-refractivity contribution in [2.45, 2.75) is 38.2 Å². The predicted molar refractivity (Wildman–Crippen MR) is 51.1 cm³/mol. The number of aliphatic hydroxyl groups is 1. The molecule has 1 aliphatic heterocycles. The van der Waals surface area contributed by atoms with Gasteiger partial charge in [-0.15, -0.1) is 0 Å². The third kappa shape index (κ3) is 4.25. The maximum atomic E-state index is 9.39. The summed E-state index contributed by atoms with van der Waals surface area (Å²) >= 11 is 0. The summed E-state index contributed by atoms with van der Waals surface area (Å²) in [6.45, 7) is 2.98. The Morgan fingerprint density at radius 2 is 2.31 bits per heavy atom. The number of aliphatic hydroxyl groups excluding tert-OH is 1. The molecule has 0 bridgehead atoms. The number of nitriles is 1. The minimum atomic E-state index is -0.121. The van der Waals surface area contributed by atoms with E-state index in [1.807, 2.05) is 0 Å². The molecule has 0 unspecified atom stereocenters. The topological polar surface area (TPSA) is 47.3 Å². The number of hydrogen-bond donors (Lipinski definition) is 1. The van der Waals surface area contributed by atoms with E-state index in [9.17, 15) is 5.11 Å². The molecule has 3 heteroatoms. The van der Waals surface area contributed by atoms with E-state index in [2.05, 4.69) is 11.0 Å². The minimum absolute atomic E-state index is 0.121. The van der Waals surface area contributed by atoms with Crippen molar-refractivity contribution in [3.63, 3.8) is 0 Å². The molecule has 1 heterocycles. The number of rotatable bonds is 4. The lowest BCUT2D eigenvalue weighted by Gasteiger charge is -2.29. The molecule has 0 spiro atoms. The first-order valence-electron chi connectivity index (χ1n) is 5.10. The molecule has 1 atom stereocenters. The van der Waals surface area contributed by atoms with Gasteiger partial charge in [0.05, 0.1) is 12.2 Å². The number of piperidine rings is 1. The van der Waals surface area contributed by atoms with Crippen LogP contribution in [0.3, 0.4) is 0 Å². The second-order valence-corrected chi connectivity index (χ2v) is 3.71. The normalized spacial score (nSPS) is 24.2. The van der Waals surface area contributed by atoms with Gasteiger partial charge in [0.25, 0.3) is 0 Å². The highest BCUT2D eigenvalue weighted by Gasteiger charge is 2.16. The average Bonchev–Trinajstić information content (AvgIpc) is 2.13. The summed E-state index contributed by atoms with van der Waals surface area (Å²) in [7, 11) is 0. The van der Waals surface area contributed by atoms with E-state index in [1.165, 1.54) is 0 Å². The van der Waals surface area contributed by atoms with Crippen LogP contribution < -0.4 is 0 Å². The number of β-amino-alcohol motifs (C(OH)–C–C–N with tert-alkyl or cyclic N) is 1. The summed E-state index contributed by atoms with van der Waals surface area (Å²) in [5.41, 5.74) is 0. The molecular formula is C10H18N2O. The van der Waals surface area contributed by atoms with Crippen molar-refractivity contribution in [1.82, 2.24) is 4.90 Å². The Kier molecular flexibility index (Phi) is 4.81. The Balaban J connectivity index is 2.04. The zero-order valence-electron chi connectivity index (χ0n) is 8.08. The molecule has 0 radical (unpaired) electrons. The third-order valence-electron chi connectivity index (χ3n) is 2.49. The molecule has 74 valence electrons. The molecule has 0 aromatic heterocycles. The minimum Gasteiger partial charge on any atom is -0.392 e. The highest BCUT2D eigenvalue weighted by Crippen LogP contribution is 2.10. The van der Waals surface area contributed by atoms with Gasteiger partial charge in [0, 0.05) is 13.0 Å². The quantitative estimate of drug-likeness (QED) is 0.663. The number of nitrogens with zero attached hydrogens (tertiary/aromatic N) is 2. The Bertz CT molecular complexity index is 176. The average molecular weight is 182 g/mol. The number of hydrogen-bond acceptors (Lipinski definition) is 3. The van der Waals surface area contributed by atoms with Crippen molar-refractivity contribution in [3.8, 4) is 6.07 Å². The molecule has 3 nitrogen and oxygen atoms in total. The molecule has 0 saturated carbocycles. The van der Waals surface area contributed by atoms with Crippen LogP contribution in [0.1, 0.15) is 32.1 Å². The van der Waals surface area contributed by atoms with Crippen LogP contribution in [0.2, 0.25) is 0 Å². The second kappa shape index (κ2) is 5.95. The van der Waals surface area contributed by atoms with Gasteiger partial charge in [-0.05, 0) is 38.8 Å². The van der Waals surface area contributed by atoms with E-state index >= 15 is 0 Å². The van der Waals surface area contributed by atoms with E-state index in [0.717, 1.165) is 45.3 Å². The fraction of sp³-hybridized carbons (Fsp3) is 0.900. The Morgan fingerprint density at radius 1 is 1.46 bits per heavy atom. The smallest absolute Gasteiger partial charge is 0.0667 e. The first kappa shape index (κ1) is 10.5. The van der Waals surface area contributed by atoms with Gasteiger partial charge < -0.3 is 10.0 Å². The zero-order valence-corrected chi connectivity index (χ0v) is 8.08. The largest absolute Gasteiger partial charge is 0.392 e. The van der Waals surface area contributed by atoms with Crippen LogP contribution in [-0.2, 0) is 0 Å². The van der Waals surface area contributed by atoms with E-state index < -0.39 is 0 Å². The molecule has 13 heavy (non-hydrogen) atoms. The van der Waals surface area contributed by atoms with Crippen LogP contribution in [0, 0.1) is 11.3 Å². The summed E-state index contributed by atoms with van der Waals surface area (Å²) in [4.78, 5) is 2.30. The molecule has 1 rings (SSSR count). The molecule has 0 aromatic rings. The molecule has 1 saturated heterocycles. The fourth-order valence-electron chi connectivity index (χ4n) is 1.77. The maximum Gasteiger partial charge on any atom is 0.0667 e. The van der Waals surface area contributed by atoms with Crippen molar-refractivity contribution in [2.75, 3.05) is 19.6 Å². The highest BCUT2D eigenvalue weighted by molar-refractivity contribution is 4.73. The lowest BCUT2D eigenvalue weighted by Crippen LogP contribution is -2.38. The van der Waals surface area contributed by atoms with Gasteiger partial charge in [0.15, 0.2) is 0 Å². The van der Waals surface area contributed by atoms with Crippen LogP contribution in [0.5, 0.6) is 0 Å². The molecule has 0 amide bonds. The van der Waals surface area contributed by atoms with Crippen LogP contribution in [0.25, 0.3) is 0 Å².